The molecular weight excluding hydrogens is 166 g/mol. The van der Waals surface area contributed by atoms with E-state index in [1.165, 1.54) is 0 Å². The summed E-state index contributed by atoms with van der Waals surface area (Å²) >= 11 is 0. The molecule has 0 saturated carbocycles. The summed E-state index contributed by atoms with van der Waals surface area (Å²) in [6.07, 6.45) is 4.27. The van der Waals surface area contributed by atoms with Crippen LogP contribution in [0.4, 0.5) is 0 Å². The number of aliphatic hydroxyl groups is 1. The largest absolute Gasteiger partial charge is 0.396 e. The second kappa shape index (κ2) is 7.55. The van der Waals surface area contributed by atoms with E-state index in [9.17, 15) is 4.79 Å². The molecule has 0 aliphatic rings. The third-order valence-corrected chi connectivity index (χ3v) is 1.60. The smallest absolute Gasteiger partial charge is 0.223 e. The molecule has 1 N–H and O–H groups in total. The third-order valence-electron chi connectivity index (χ3n) is 1.60. The fraction of sp³-hybridized carbons (Fsp3) is 0.500. The third kappa shape index (κ3) is 5.20. The van der Waals surface area contributed by atoms with Crippen LogP contribution in [0, 0.1) is 0 Å². The highest BCUT2D eigenvalue weighted by atomic mass is 16.3. The van der Waals surface area contributed by atoms with Crippen LogP contribution in [-0.4, -0.2) is 35.6 Å². The lowest BCUT2D eigenvalue weighted by atomic mass is 10.3. The average Bonchev–Trinajstić information content (AvgIpc) is 2.14. The van der Waals surface area contributed by atoms with E-state index in [0.29, 0.717) is 25.9 Å². The van der Waals surface area contributed by atoms with E-state index in [0.717, 1.165) is 0 Å². The van der Waals surface area contributed by atoms with Crippen LogP contribution in [-0.2, 0) is 4.79 Å². The van der Waals surface area contributed by atoms with Gasteiger partial charge in [-0.3, -0.25) is 4.79 Å². The Kier molecular flexibility index (Phi) is 6.92. The van der Waals surface area contributed by atoms with Gasteiger partial charge in [0.15, 0.2) is 0 Å². The van der Waals surface area contributed by atoms with Gasteiger partial charge in [0.1, 0.15) is 0 Å². The molecule has 0 heterocycles. The molecule has 0 spiro atoms. The quantitative estimate of drug-likeness (QED) is 0.597. The van der Waals surface area contributed by atoms with Crippen LogP contribution in [0.25, 0.3) is 0 Å². The molecule has 3 nitrogen and oxygen atoms in total. The van der Waals surface area contributed by atoms with Crippen molar-refractivity contribution >= 4 is 5.91 Å². The molecule has 74 valence electrons. The maximum atomic E-state index is 11.4. The Labute approximate surface area is 79.4 Å². The van der Waals surface area contributed by atoms with E-state index in [1.807, 2.05) is 0 Å². The van der Waals surface area contributed by atoms with Crippen LogP contribution < -0.4 is 0 Å². The van der Waals surface area contributed by atoms with Crippen LogP contribution in [0.15, 0.2) is 25.3 Å². The highest BCUT2D eigenvalue weighted by molar-refractivity contribution is 5.76. The van der Waals surface area contributed by atoms with Gasteiger partial charge < -0.3 is 10.0 Å². The SMILES string of the molecule is C=CCN(CC=C)C(=O)CCCO. The predicted octanol–water partition coefficient (Wildman–Crippen LogP) is 0.960. The second-order valence-corrected chi connectivity index (χ2v) is 2.70. The Balaban J connectivity index is 3.93. The van der Waals surface area contributed by atoms with Crippen molar-refractivity contribution in [1.29, 1.82) is 0 Å². The van der Waals surface area contributed by atoms with Crippen molar-refractivity contribution in [3.63, 3.8) is 0 Å². The molecule has 0 aromatic carbocycles. The average molecular weight is 183 g/mol. The van der Waals surface area contributed by atoms with Gasteiger partial charge in [-0.05, 0) is 6.42 Å². The maximum absolute atomic E-state index is 11.4. The summed E-state index contributed by atoms with van der Waals surface area (Å²) in [4.78, 5) is 13.0. The van der Waals surface area contributed by atoms with E-state index in [1.54, 1.807) is 17.1 Å². The zero-order valence-electron chi connectivity index (χ0n) is 7.91. The molecule has 1 amide bonds. The Bertz CT molecular complexity index is 168. The Morgan fingerprint density at radius 2 is 1.85 bits per heavy atom. The summed E-state index contributed by atoms with van der Waals surface area (Å²) in [5, 5.41) is 8.55. The first-order valence-electron chi connectivity index (χ1n) is 4.36. The zero-order valence-corrected chi connectivity index (χ0v) is 7.91. The van der Waals surface area contributed by atoms with Crippen molar-refractivity contribution in [2.45, 2.75) is 12.8 Å². The van der Waals surface area contributed by atoms with Crippen molar-refractivity contribution in [2.24, 2.45) is 0 Å². The monoisotopic (exact) mass is 183 g/mol. The lowest BCUT2D eigenvalue weighted by Crippen LogP contribution is -2.31. The lowest BCUT2D eigenvalue weighted by molar-refractivity contribution is -0.130. The van der Waals surface area contributed by atoms with E-state index >= 15 is 0 Å². The Morgan fingerprint density at radius 1 is 1.31 bits per heavy atom. The normalized spacial score (nSPS) is 9.31. The highest BCUT2D eigenvalue weighted by Crippen LogP contribution is 1.97. The topological polar surface area (TPSA) is 40.5 Å². The van der Waals surface area contributed by atoms with Crippen LogP contribution >= 0.6 is 0 Å². The van der Waals surface area contributed by atoms with Crippen molar-refractivity contribution in [3.8, 4) is 0 Å². The molecular formula is C10H17NO2. The molecule has 0 aromatic rings. The first kappa shape index (κ1) is 11.9. The lowest BCUT2D eigenvalue weighted by Gasteiger charge is -2.18. The number of nitrogens with zero attached hydrogens (tertiary/aromatic N) is 1. The molecule has 0 fully saturated rings. The number of rotatable bonds is 7. The van der Waals surface area contributed by atoms with Gasteiger partial charge in [0.25, 0.3) is 0 Å². The molecule has 0 aromatic heterocycles. The summed E-state index contributed by atoms with van der Waals surface area (Å²) in [6, 6.07) is 0. The van der Waals surface area contributed by atoms with Crippen LogP contribution in [0.3, 0.4) is 0 Å². The van der Waals surface area contributed by atoms with Crippen LogP contribution in [0.5, 0.6) is 0 Å². The summed E-state index contributed by atoms with van der Waals surface area (Å²) in [6.45, 7) is 8.27. The second-order valence-electron chi connectivity index (χ2n) is 2.70. The number of carbonyl (C=O) groups excluding carboxylic acids is 1. The van der Waals surface area contributed by atoms with Crippen molar-refractivity contribution in [1.82, 2.24) is 4.90 Å². The fourth-order valence-electron chi connectivity index (χ4n) is 0.978. The molecule has 0 rings (SSSR count). The van der Waals surface area contributed by atoms with Gasteiger partial charge in [0.05, 0.1) is 0 Å². The van der Waals surface area contributed by atoms with Crippen molar-refractivity contribution in [2.75, 3.05) is 19.7 Å². The van der Waals surface area contributed by atoms with Gasteiger partial charge in [-0.15, -0.1) is 13.2 Å². The number of hydrogen-bond acceptors (Lipinski definition) is 2. The molecule has 3 heteroatoms. The number of hydrogen-bond donors (Lipinski definition) is 1. The van der Waals surface area contributed by atoms with Crippen molar-refractivity contribution in [3.05, 3.63) is 25.3 Å². The van der Waals surface area contributed by atoms with Gasteiger partial charge in [-0.25, -0.2) is 0 Å². The molecule has 0 aliphatic heterocycles. The van der Waals surface area contributed by atoms with Crippen molar-refractivity contribution < 1.29 is 9.90 Å². The van der Waals surface area contributed by atoms with Gasteiger partial charge in [0.2, 0.25) is 5.91 Å². The van der Waals surface area contributed by atoms with Gasteiger partial charge in [-0.2, -0.15) is 0 Å². The minimum absolute atomic E-state index is 0.0360. The maximum Gasteiger partial charge on any atom is 0.223 e. The molecule has 0 aliphatic carbocycles. The first-order valence-corrected chi connectivity index (χ1v) is 4.36. The summed E-state index contributed by atoms with van der Waals surface area (Å²) in [7, 11) is 0. The van der Waals surface area contributed by atoms with E-state index < -0.39 is 0 Å². The number of carbonyl (C=O) groups is 1. The zero-order chi connectivity index (χ0) is 10.1. The Morgan fingerprint density at radius 3 is 2.23 bits per heavy atom. The summed E-state index contributed by atoms with van der Waals surface area (Å²) in [5.41, 5.74) is 0. The van der Waals surface area contributed by atoms with E-state index in [4.69, 9.17) is 5.11 Å². The van der Waals surface area contributed by atoms with Crippen LogP contribution in [0.1, 0.15) is 12.8 Å². The van der Waals surface area contributed by atoms with Gasteiger partial charge >= 0.3 is 0 Å². The summed E-state index contributed by atoms with van der Waals surface area (Å²) in [5.74, 6) is 0.0360. The number of aliphatic hydroxyl groups excluding tert-OH is 1. The molecule has 0 atom stereocenters. The highest BCUT2D eigenvalue weighted by Gasteiger charge is 2.08. The summed E-state index contributed by atoms with van der Waals surface area (Å²) < 4.78 is 0. The van der Waals surface area contributed by atoms with E-state index in [2.05, 4.69) is 13.2 Å². The molecule has 0 unspecified atom stereocenters. The molecule has 0 saturated heterocycles. The van der Waals surface area contributed by atoms with Gasteiger partial charge in [0, 0.05) is 26.1 Å². The predicted molar refractivity (Wildman–Crippen MR) is 53.3 cm³/mol. The molecule has 0 radical (unpaired) electrons. The van der Waals surface area contributed by atoms with E-state index in [-0.39, 0.29) is 12.5 Å². The fourth-order valence-corrected chi connectivity index (χ4v) is 0.978. The van der Waals surface area contributed by atoms with Crippen LogP contribution in [0.2, 0.25) is 0 Å². The standard InChI is InChI=1S/C10H17NO2/c1-3-7-11(8-4-2)10(13)6-5-9-12/h3-4,12H,1-2,5-9H2. The number of amides is 1. The minimum Gasteiger partial charge on any atom is -0.396 e. The van der Waals surface area contributed by atoms with Gasteiger partial charge in [-0.1, -0.05) is 12.2 Å². The minimum atomic E-state index is 0.0360. The molecule has 13 heavy (non-hydrogen) atoms. The molecule has 0 bridgehead atoms. The first-order chi connectivity index (χ1) is 6.26. The Hall–Kier alpha value is -1.09.